The fourth-order valence-electron chi connectivity index (χ4n) is 1.86. The van der Waals surface area contributed by atoms with E-state index in [1.807, 2.05) is 0 Å². The Morgan fingerprint density at radius 1 is 0.950 bits per heavy atom. The molecule has 106 valence electrons. The summed E-state index contributed by atoms with van der Waals surface area (Å²) in [7, 11) is 1.59. The Labute approximate surface area is 117 Å². The Kier molecular flexibility index (Phi) is 4.58. The monoisotopic (exact) mass is 276 g/mol. The Hall–Kier alpha value is -2.07. The molecule has 20 heavy (non-hydrogen) atoms. The second-order valence-electron chi connectivity index (χ2n) is 4.49. The van der Waals surface area contributed by atoms with Crippen LogP contribution in [-0.2, 0) is 0 Å². The third-order valence-electron chi connectivity index (χ3n) is 3.04. The van der Waals surface area contributed by atoms with Gasteiger partial charge in [0.15, 0.2) is 0 Å². The van der Waals surface area contributed by atoms with Crippen molar-refractivity contribution in [2.75, 3.05) is 7.11 Å². The third kappa shape index (κ3) is 3.48. The quantitative estimate of drug-likeness (QED) is 0.910. The summed E-state index contributed by atoms with van der Waals surface area (Å²) < 4.78 is 23.5. The zero-order valence-corrected chi connectivity index (χ0v) is 11.4. The van der Waals surface area contributed by atoms with Gasteiger partial charge in [0.1, 0.15) is 29.5 Å². The number of aliphatic hydroxyl groups is 1. The molecule has 0 spiro atoms. The van der Waals surface area contributed by atoms with Crippen molar-refractivity contribution >= 4 is 0 Å². The van der Waals surface area contributed by atoms with Crippen molar-refractivity contribution in [1.29, 1.82) is 0 Å². The van der Waals surface area contributed by atoms with E-state index < -0.39 is 12.2 Å². The van der Waals surface area contributed by atoms with Gasteiger partial charge >= 0.3 is 0 Å². The van der Waals surface area contributed by atoms with Crippen LogP contribution in [0.4, 0.5) is 4.39 Å². The number of hydrogen-bond acceptors (Lipinski definition) is 3. The smallest absolute Gasteiger partial charge is 0.126 e. The van der Waals surface area contributed by atoms with Gasteiger partial charge in [-0.2, -0.15) is 0 Å². The van der Waals surface area contributed by atoms with E-state index in [-0.39, 0.29) is 5.82 Å². The molecule has 0 radical (unpaired) electrons. The van der Waals surface area contributed by atoms with Crippen LogP contribution < -0.4 is 9.47 Å². The van der Waals surface area contributed by atoms with E-state index in [0.717, 1.165) is 11.3 Å². The molecule has 0 saturated carbocycles. The molecular weight excluding hydrogens is 259 g/mol. The molecule has 0 bridgehead atoms. The fraction of sp³-hybridized carbons (Fsp3) is 0.250. The molecule has 3 nitrogen and oxygen atoms in total. The van der Waals surface area contributed by atoms with Crippen molar-refractivity contribution in [3.63, 3.8) is 0 Å². The first kappa shape index (κ1) is 14.3. The summed E-state index contributed by atoms with van der Waals surface area (Å²) in [5.74, 6) is 0.931. The zero-order chi connectivity index (χ0) is 14.5. The average Bonchev–Trinajstić information content (AvgIpc) is 2.49. The summed E-state index contributed by atoms with van der Waals surface area (Å²) in [5.41, 5.74) is 0.736. The SMILES string of the molecule is COc1ccc(C(O)C(C)Oc2ccc(F)cc2)cc1. The maximum atomic E-state index is 12.8. The molecule has 2 atom stereocenters. The Bertz CT molecular complexity index is 537. The number of aliphatic hydroxyl groups excluding tert-OH is 1. The van der Waals surface area contributed by atoms with Crippen LogP contribution in [0.15, 0.2) is 48.5 Å². The van der Waals surface area contributed by atoms with Crippen molar-refractivity contribution in [1.82, 2.24) is 0 Å². The average molecular weight is 276 g/mol. The summed E-state index contributed by atoms with van der Waals surface area (Å²) >= 11 is 0. The van der Waals surface area contributed by atoms with Crippen molar-refractivity contribution in [2.45, 2.75) is 19.1 Å². The van der Waals surface area contributed by atoms with Crippen LogP contribution in [0, 0.1) is 5.82 Å². The lowest BCUT2D eigenvalue weighted by atomic mass is 10.1. The van der Waals surface area contributed by atoms with Gasteiger partial charge in [0.05, 0.1) is 7.11 Å². The lowest BCUT2D eigenvalue weighted by molar-refractivity contribution is 0.0467. The van der Waals surface area contributed by atoms with E-state index in [2.05, 4.69) is 0 Å². The van der Waals surface area contributed by atoms with Gasteiger partial charge in [-0.3, -0.25) is 0 Å². The first-order valence-corrected chi connectivity index (χ1v) is 6.34. The minimum Gasteiger partial charge on any atom is -0.497 e. The highest BCUT2D eigenvalue weighted by Gasteiger charge is 2.18. The normalized spacial score (nSPS) is 13.6. The molecular formula is C16H17FO3. The van der Waals surface area contributed by atoms with E-state index in [0.29, 0.717) is 5.75 Å². The van der Waals surface area contributed by atoms with Gasteiger partial charge in [0.2, 0.25) is 0 Å². The minimum absolute atomic E-state index is 0.319. The van der Waals surface area contributed by atoms with Crippen molar-refractivity contribution in [3.05, 3.63) is 59.9 Å². The van der Waals surface area contributed by atoms with Crippen LogP contribution in [-0.4, -0.2) is 18.3 Å². The van der Waals surface area contributed by atoms with Crippen LogP contribution in [0.5, 0.6) is 11.5 Å². The third-order valence-corrected chi connectivity index (χ3v) is 3.04. The molecule has 2 aromatic rings. The first-order chi connectivity index (χ1) is 9.60. The molecule has 4 heteroatoms. The van der Waals surface area contributed by atoms with Gasteiger partial charge in [-0.15, -0.1) is 0 Å². The summed E-state index contributed by atoms with van der Waals surface area (Å²) in [5, 5.41) is 10.2. The van der Waals surface area contributed by atoms with E-state index in [4.69, 9.17) is 9.47 Å². The molecule has 0 aliphatic rings. The summed E-state index contributed by atoms with van der Waals surface area (Å²) in [6.45, 7) is 1.76. The molecule has 2 rings (SSSR count). The second-order valence-corrected chi connectivity index (χ2v) is 4.49. The molecule has 0 aliphatic heterocycles. The van der Waals surface area contributed by atoms with Crippen molar-refractivity contribution < 1.29 is 19.0 Å². The maximum Gasteiger partial charge on any atom is 0.126 e. The Morgan fingerprint density at radius 2 is 1.50 bits per heavy atom. The van der Waals surface area contributed by atoms with Gasteiger partial charge < -0.3 is 14.6 Å². The minimum atomic E-state index is -0.772. The Balaban J connectivity index is 2.03. The molecule has 0 aromatic heterocycles. The standard InChI is InChI=1S/C16H17FO3/c1-11(20-15-9-5-13(17)6-10-15)16(18)12-3-7-14(19-2)8-4-12/h3-11,16,18H,1-2H3. The van der Waals surface area contributed by atoms with Gasteiger partial charge in [0, 0.05) is 0 Å². The number of rotatable bonds is 5. The summed E-state index contributed by atoms with van der Waals surface area (Å²) in [6, 6.07) is 12.8. The summed E-state index contributed by atoms with van der Waals surface area (Å²) in [4.78, 5) is 0. The van der Waals surface area contributed by atoms with Gasteiger partial charge in [0.25, 0.3) is 0 Å². The van der Waals surface area contributed by atoms with E-state index in [1.165, 1.54) is 24.3 Å². The predicted molar refractivity (Wildman–Crippen MR) is 74.4 cm³/mol. The van der Waals surface area contributed by atoms with E-state index >= 15 is 0 Å². The van der Waals surface area contributed by atoms with Gasteiger partial charge in [-0.1, -0.05) is 12.1 Å². The highest BCUT2D eigenvalue weighted by Crippen LogP contribution is 2.23. The highest BCUT2D eigenvalue weighted by atomic mass is 19.1. The number of halogens is 1. The molecule has 2 aromatic carbocycles. The number of ether oxygens (including phenoxy) is 2. The van der Waals surface area contributed by atoms with Crippen molar-refractivity contribution in [3.8, 4) is 11.5 Å². The molecule has 0 aliphatic carbocycles. The second kappa shape index (κ2) is 6.39. The number of hydrogen-bond donors (Lipinski definition) is 1. The zero-order valence-electron chi connectivity index (χ0n) is 11.4. The fourth-order valence-corrected chi connectivity index (χ4v) is 1.86. The maximum absolute atomic E-state index is 12.8. The van der Waals surface area contributed by atoms with Crippen LogP contribution in [0.1, 0.15) is 18.6 Å². The molecule has 0 fully saturated rings. The largest absolute Gasteiger partial charge is 0.497 e. The Morgan fingerprint density at radius 3 is 2.05 bits per heavy atom. The molecule has 0 amide bonds. The predicted octanol–water partition coefficient (Wildman–Crippen LogP) is 3.34. The number of benzene rings is 2. The van der Waals surface area contributed by atoms with Crippen LogP contribution in [0.2, 0.25) is 0 Å². The topological polar surface area (TPSA) is 38.7 Å². The van der Waals surface area contributed by atoms with E-state index in [9.17, 15) is 9.50 Å². The summed E-state index contributed by atoms with van der Waals surface area (Å²) in [6.07, 6.45) is -1.22. The first-order valence-electron chi connectivity index (χ1n) is 6.34. The van der Waals surface area contributed by atoms with Crippen LogP contribution >= 0.6 is 0 Å². The molecule has 0 heterocycles. The molecule has 1 N–H and O–H groups in total. The lowest BCUT2D eigenvalue weighted by Crippen LogP contribution is -2.21. The molecule has 2 unspecified atom stereocenters. The number of methoxy groups -OCH3 is 1. The van der Waals surface area contributed by atoms with E-state index in [1.54, 1.807) is 38.3 Å². The van der Waals surface area contributed by atoms with Crippen LogP contribution in [0.25, 0.3) is 0 Å². The lowest BCUT2D eigenvalue weighted by Gasteiger charge is -2.21. The van der Waals surface area contributed by atoms with Gasteiger partial charge in [-0.25, -0.2) is 4.39 Å². The molecule has 0 saturated heterocycles. The highest BCUT2D eigenvalue weighted by molar-refractivity contribution is 5.29. The van der Waals surface area contributed by atoms with Crippen LogP contribution in [0.3, 0.4) is 0 Å². The van der Waals surface area contributed by atoms with Gasteiger partial charge in [-0.05, 0) is 48.9 Å². The van der Waals surface area contributed by atoms with Crippen molar-refractivity contribution in [2.24, 2.45) is 0 Å².